The van der Waals surface area contributed by atoms with Crippen LogP contribution in [0.4, 0.5) is 8.78 Å². The standard InChI is InChI=1S/C13H9Cl2F2N3O/c14-10-5-4-9(7-18-10)8-20-6-2-1-3-11(20)19-12(21)13(15,16)17/h1-7H,8H2/b19-11-. The number of alkyl halides is 3. The van der Waals surface area contributed by atoms with Crippen molar-refractivity contribution in [1.29, 1.82) is 0 Å². The number of aromatic nitrogens is 2. The highest BCUT2D eigenvalue weighted by Crippen LogP contribution is 2.19. The topological polar surface area (TPSA) is 47.2 Å². The summed E-state index contributed by atoms with van der Waals surface area (Å²) in [6, 6.07) is 8.04. The summed E-state index contributed by atoms with van der Waals surface area (Å²) in [4.78, 5) is 18.4. The minimum absolute atomic E-state index is 0.0674. The van der Waals surface area contributed by atoms with Crippen molar-refractivity contribution in [2.24, 2.45) is 4.99 Å². The zero-order chi connectivity index (χ0) is 15.5. The molecule has 0 aliphatic carbocycles. The molecule has 2 aromatic rings. The molecule has 2 heterocycles. The second-order valence-electron chi connectivity index (χ2n) is 4.09. The van der Waals surface area contributed by atoms with Gasteiger partial charge in [0, 0.05) is 12.4 Å². The lowest BCUT2D eigenvalue weighted by Gasteiger charge is -2.08. The smallest absolute Gasteiger partial charge is 0.328 e. The van der Waals surface area contributed by atoms with Crippen LogP contribution in [-0.4, -0.2) is 20.8 Å². The molecule has 0 N–H and O–H groups in total. The quantitative estimate of drug-likeness (QED) is 0.641. The largest absolute Gasteiger partial charge is 0.402 e. The summed E-state index contributed by atoms with van der Waals surface area (Å²) in [6.45, 7) is 0.297. The number of hydrogen-bond acceptors (Lipinski definition) is 2. The van der Waals surface area contributed by atoms with Gasteiger partial charge in [0.25, 0.3) is 0 Å². The monoisotopic (exact) mass is 331 g/mol. The maximum absolute atomic E-state index is 12.7. The molecular weight excluding hydrogens is 323 g/mol. The first-order chi connectivity index (χ1) is 9.86. The molecule has 1 amide bonds. The second kappa shape index (κ2) is 6.32. The van der Waals surface area contributed by atoms with Gasteiger partial charge in [0.05, 0.1) is 6.54 Å². The number of carbonyl (C=O) groups is 1. The third-order valence-electron chi connectivity index (χ3n) is 2.52. The van der Waals surface area contributed by atoms with Gasteiger partial charge in [0.2, 0.25) is 0 Å². The molecule has 2 rings (SSSR count). The SMILES string of the molecule is O=C(/N=c1/ccccn1Cc1ccc(Cl)nc1)C(F)(F)Cl. The van der Waals surface area contributed by atoms with Crippen LogP contribution in [0, 0.1) is 0 Å². The van der Waals surface area contributed by atoms with Gasteiger partial charge in [-0.1, -0.05) is 23.7 Å². The Morgan fingerprint density at radius 2 is 2.10 bits per heavy atom. The number of nitrogens with zero attached hydrogens (tertiary/aromatic N) is 3. The molecular formula is C13H9Cl2F2N3O. The van der Waals surface area contributed by atoms with Crippen molar-refractivity contribution in [2.75, 3.05) is 0 Å². The molecule has 0 bridgehead atoms. The van der Waals surface area contributed by atoms with Gasteiger partial charge in [0.15, 0.2) is 0 Å². The average molecular weight is 332 g/mol. The summed E-state index contributed by atoms with van der Waals surface area (Å²) < 4.78 is 26.9. The van der Waals surface area contributed by atoms with Crippen LogP contribution in [0.3, 0.4) is 0 Å². The Bertz CT molecular complexity index is 708. The summed E-state index contributed by atoms with van der Waals surface area (Å²) in [7, 11) is 0. The van der Waals surface area contributed by atoms with Gasteiger partial charge in [0.1, 0.15) is 10.6 Å². The van der Waals surface area contributed by atoms with Crippen LogP contribution in [0.1, 0.15) is 5.56 Å². The van der Waals surface area contributed by atoms with Crippen LogP contribution in [0.2, 0.25) is 5.15 Å². The lowest BCUT2D eigenvalue weighted by atomic mass is 10.3. The predicted molar refractivity (Wildman–Crippen MR) is 74.2 cm³/mol. The number of amides is 1. The van der Waals surface area contributed by atoms with Crippen LogP contribution in [0.25, 0.3) is 0 Å². The number of hydrogen-bond donors (Lipinski definition) is 0. The minimum atomic E-state index is -4.02. The molecule has 4 nitrogen and oxygen atoms in total. The third-order valence-corrected chi connectivity index (χ3v) is 2.90. The Morgan fingerprint density at radius 3 is 2.71 bits per heavy atom. The summed E-state index contributed by atoms with van der Waals surface area (Å²) in [6.07, 6.45) is 3.15. The van der Waals surface area contributed by atoms with Crippen molar-refractivity contribution in [3.8, 4) is 0 Å². The fourth-order valence-corrected chi connectivity index (χ4v) is 1.72. The fourth-order valence-electron chi connectivity index (χ4n) is 1.57. The van der Waals surface area contributed by atoms with Crippen molar-refractivity contribution in [3.63, 3.8) is 0 Å². The number of halogens is 4. The van der Waals surface area contributed by atoms with Gasteiger partial charge in [-0.05, 0) is 35.4 Å². The van der Waals surface area contributed by atoms with Crippen LogP contribution in [0.15, 0.2) is 47.7 Å². The van der Waals surface area contributed by atoms with E-state index in [4.69, 9.17) is 11.6 Å². The van der Waals surface area contributed by atoms with Crippen LogP contribution in [0.5, 0.6) is 0 Å². The van der Waals surface area contributed by atoms with Gasteiger partial charge in [-0.3, -0.25) is 4.79 Å². The van der Waals surface area contributed by atoms with Gasteiger partial charge in [-0.25, -0.2) is 4.98 Å². The zero-order valence-corrected chi connectivity index (χ0v) is 12.0. The van der Waals surface area contributed by atoms with Crippen LogP contribution >= 0.6 is 23.2 Å². The van der Waals surface area contributed by atoms with E-state index in [0.717, 1.165) is 5.56 Å². The van der Waals surface area contributed by atoms with E-state index >= 15 is 0 Å². The van der Waals surface area contributed by atoms with Crippen molar-refractivity contribution >= 4 is 29.1 Å². The van der Waals surface area contributed by atoms with E-state index in [2.05, 4.69) is 21.6 Å². The molecule has 0 atom stereocenters. The maximum Gasteiger partial charge on any atom is 0.402 e. The molecule has 0 saturated carbocycles. The maximum atomic E-state index is 12.7. The fraction of sp³-hybridized carbons (Fsp3) is 0.154. The Hall–Kier alpha value is -1.79. The van der Waals surface area contributed by atoms with Crippen molar-refractivity contribution < 1.29 is 13.6 Å². The molecule has 0 spiro atoms. The van der Waals surface area contributed by atoms with E-state index in [1.807, 2.05) is 0 Å². The molecule has 0 saturated heterocycles. The molecule has 110 valence electrons. The first-order valence-electron chi connectivity index (χ1n) is 5.78. The Morgan fingerprint density at radius 1 is 1.33 bits per heavy atom. The van der Waals surface area contributed by atoms with E-state index in [-0.39, 0.29) is 5.49 Å². The van der Waals surface area contributed by atoms with Crippen LogP contribution < -0.4 is 5.49 Å². The molecule has 8 heteroatoms. The Kier molecular flexibility index (Phi) is 4.69. The zero-order valence-electron chi connectivity index (χ0n) is 10.5. The normalized spacial score (nSPS) is 12.5. The van der Waals surface area contributed by atoms with E-state index < -0.39 is 11.3 Å². The molecule has 2 aromatic heterocycles. The highest BCUT2D eigenvalue weighted by molar-refractivity contribution is 6.32. The second-order valence-corrected chi connectivity index (χ2v) is 4.95. The van der Waals surface area contributed by atoms with Gasteiger partial charge in [-0.2, -0.15) is 13.8 Å². The molecule has 0 aliphatic rings. The summed E-state index contributed by atoms with van der Waals surface area (Å²) in [5.74, 6) is -1.71. The van der Waals surface area contributed by atoms with E-state index in [1.165, 1.54) is 10.6 Å². The third kappa shape index (κ3) is 4.34. The summed E-state index contributed by atoms with van der Waals surface area (Å²) >= 11 is 10.3. The van der Waals surface area contributed by atoms with Crippen molar-refractivity contribution in [2.45, 2.75) is 11.9 Å². The van der Waals surface area contributed by atoms with Crippen molar-refractivity contribution in [3.05, 3.63) is 58.9 Å². The van der Waals surface area contributed by atoms with Gasteiger partial charge in [-0.15, -0.1) is 0 Å². The van der Waals surface area contributed by atoms with Crippen LogP contribution in [-0.2, 0) is 11.3 Å². The molecule has 0 fully saturated rings. The molecule has 0 aromatic carbocycles. The lowest BCUT2D eigenvalue weighted by molar-refractivity contribution is -0.132. The van der Waals surface area contributed by atoms with Gasteiger partial charge >= 0.3 is 11.3 Å². The number of rotatable bonds is 3. The molecule has 0 aliphatic heterocycles. The lowest BCUT2D eigenvalue weighted by Crippen LogP contribution is -2.27. The predicted octanol–water partition coefficient (Wildman–Crippen LogP) is 2.84. The number of pyridine rings is 2. The highest BCUT2D eigenvalue weighted by atomic mass is 35.5. The minimum Gasteiger partial charge on any atom is -0.328 e. The Balaban J connectivity index is 2.35. The molecule has 21 heavy (non-hydrogen) atoms. The first-order valence-corrected chi connectivity index (χ1v) is 6.53. The molecule has 0 unspecified atom stereocenters. The van der Waals surface area contributed by atoms with Crippen molar-refractivity contribution in [1.82, 2.24) is 9.55 Å². The first kappa shape index (κ1) is 15.6. The van der Waals surface area contributed by atoms with E-state index in [9.17, 15) is 13.6 Å². The van der Waals surface area contributed by atoms with Gasteiger partial charge < -0.3 is 4.57 Å². The van der Waals surface area contributed by atoms with E-state index in [1.54, 1.807) is 36.7 Å². The summed E-state index contributed by atoms with van der Waals surface area (Å²) in [5.41, 5.74) is 0.843. The number of carbonyl (C=O) groups excluding carboxylic acids is 1. The average Bonchev–Trinajstić information content (AvgIpc) is 2.42. The summed E-state index contributed by atoms with van der Waals surface area (Å²) in [5, 5.41) is -3.67. The molecule has 0 radical (unpaired) electrons. The van der Waals surface area contributed by atoms with E-state index in [0.29, 0.717) is 11.7 Å². The Labute approximate surface area is 128 Å². The highest BCUT2D eigenvalue weighted by Gasteiger charge is 2.35.